The third kappa shape index (κ3) is 11.8. The molecule has 6 unspecified atom stereocenters. The largest absolute Gasteiger partial charge is 3.00 e. The van der Waals surface area contributed by atoms with Crippen molar-refractivity contribution in [2.75, 3.05) is 37.5 Å². The molecule has 372 valence electrons. The van der Waals surface area contributed by atoms with E-state index in [1.54, 1.807) is 0 Å². The summed E-state index contributed by atoms with van der Waals surface area (Å²) in [5.74, 6) is -4.22. The first-order chi connectivity index (χ1) is 33.9. The molecule has 0 fully saturated rings. The second-order valence-electron chi connectivity index (χ2n) is 15.4. The standard InChI is InChI=1S/3C16H12O6S2.Al/c3*1-23(20)9-6-11-14(17)10-5-8(16(18)19)3-4-12(10)22-15(11)13(7-9)24(2)21;/h3*3-7H,1-2H3,(H,18,19);/q;;;+3/p-3. The minimum atomic E-state index is -1.46. The third-order valence-electron chi connectivity index (χ3n) is 10.8. The Morgan fingerprint density at radius 3 is 0.781 bits per heavy atom. The second-order valence-corrected chi connectivity index (χ2v) is 23.6. The first kappa shape index (κ1) is 56.8. The van der Waals surface area contributed by atoms with E-state index < -0.39 is 101 Å². The SMILES string of the molecule is C[S+]([O-])c1cc([S+](C)[O-])c2oc3ccc(C(=O)[O-])cc3c(=O)c2c1.C[S+]([O-])c1cc([S+](C)[O-])c2oc3ccc(C(=O)[O-])cc3c(=O)c2c1.C[S+]([O-])c1cc([S+](C)[O-])c2oc3ccc(C(=O)[O-])cc3c(=O)c2c1.[Al+3]. The number of carbonyl (C=O) groups excluding carboxylic acids is 3. The molecule has 9 aromatic rings. The summed E-state index contributed by atoms with van der Waals surface area (Å²) in [5.41, 5.74) is -0.930. The van der Waals surface area contributed by atoms with E-state index in [0.717, 1.165) is 0 Å². The van der Waals surface area contributed by atoms with Gasteiger partial charge in [0.1, 0.15) is 54.3 Å². The van der Waals surface area contributed by atoms with Crippen LogP contribution in [-0.2, 0) is 67.1 Å². The van der Waals surface area contributed by atoms with Crippen molar-refractivity contribution in [3.05, 3.63) is 138 Å². The van der Waals surface area contributed by atoms with E-state index >= 15 is 0 Å². The Balaban J connectivity index is 0.000000177. The Morgan fingerprint density at radius 2 is 0.589 bits per heavy atom. The summed E-state index contributed by atoms with van der Waals surface area (Å²) in [5, 5.41) is 33.5. The Kier molecular flexibility index (Phi) is 17.9. The Labute approximate surface area is 440 Å². The van der Waals surface area contributed by atoms with Crippen molar-refractivity contribution in [1.29, 1.82) is 0 Å². The van der Waals surface area contributed by atoms with Crippen molar-refractivity contribution >= 4 is 168 Å². The number of carboxylic acid groups (broad SMARTS) is 3. The summed E-state index contributed by atoms with van der Waals surface area (Å²) < 4.78 is 88.3. The maximum atomic E-state index is 12.7. The van der Waals surface area contributed by atoms with Crippen LogP contribution in [-0.4, -0.2) is 100 Å². The summed E-state index contributed by atoms with van der Waals surface area (Å²) in [6.07, 6.45) is 8.63. The zero-order valence-electron chi connectivity index (χ0n) is 38.5. The number of fused-ring (bicyclic) bond motifs is 6. The van der Waals surface area contributed by atoms with Crippen LogP contribution in [0.2, 0.25) is 0 Å². The Morgan fingerprint density at radius 1 is 0.356 bits per heavy atom. The first-order valence-electron chi connectivity index (χ1n) is 20.2. The number of hydrogen-bond acceptors (Lipinski definition) is 18. The van der Waals surface area contributed by atoms with Crippen LogP contribution in [0.15, 0.2) is 148 Å². The molecule has 0 aliphatic heterocycles. The molecular weight excluding hydrogens is 1080 g/mol. The van der Waals surface area contributed by atoms with Crippen molar-refractivity contribution in [1.82, 2.24) is 0 Å². The van der Waals surface area contributed by atoms with Crippen LogP contribution in [0, 0.1) is 0 Å². The van der Waals surface area contributed by atoms with Gasteiger partial charge in [-0.1, -0.05) is 0 Å². The maximum Gasteiger partial charge on any atom is 3.00 e. The monoisotopic (exact) mass is 1120 g/mol. The molecule has 0 bridgehead atoms. The molecule has 0 aliphatic carbocycles. The molecule has 0 radical (unpaired) electrons. The van der Waals surface area contributed by atoms with Gasteiger partial charge in [-0.15, -0.1) is 0 Å². The molecule has 3 aromatic heterocycles. The summed E-state index contributed by atoms with van der Waals surface area (Å²) >= 11 is -8.55. The molecule has 25 heteroatoms. The second kappa shape index (κ2) is 23.0. The van der Waals surface area contributed by atoms with Crippen LogP contribution >= 0.6 is 0 Å². The van der Waals surface area contributed by atoms with Crippen LogP contribution in [0.5, 0.6) is 0 Å². The third-order valence-corrected chi connectivity index (χ3v) is 16.2. The van der Waals surface area contributed by atoms with E-state index in [1.807, 2.05) is 0 Å². The van der Waals surface area contributed by atoms with Gasteiger partial charge in [-0.3, -0.25) is 14.4 Å². The molecular formula is C48H33AlO18S6. The predicted octanol–water partition coefficient (Wildman–Crippen LogP) is 1.97. The Bertz CT molecular complexity index is 3470. The maximum absolute atomic E-state index is 12.7. The zero-order valence-corrected chi connectivity index (χ0v) is 44.6. The van der Waals surface area contributed by atoms with Crippen molar-refractivity contribution in [3.63, 3.8) is 0 Å². The molecule has 3 heterocycles. The smallest absolute Gasteiger partial charge is 0.612 e. The fourth-order valence-corrected chi connectivity index (χ4v) is 11.3. The van der Waals surface area contributed by atoms with Crippen LogP contribution in [0.1, 0.15) is 31.1 Å². The van der Waals surface area contributed by atoms with Gasteiger partial charge in [0.05, 0.1) is 68.4 Å². The predicted molar refractivity (Wildman–Crippen MR) is 273 cm³/mol. The summed E-state index contributed by atoms with van der Waals surface area (Å²) in [4.78, 5) is 73.0. The van der Waals surface area contributed by atoms with E-state index in [4.69, 9.17) is 13.3 Å². The quantitative estimate of drug-likeness (QED) is 0.113. The molecule has 9 rings (SSSR count). The molecule has 0 saturated carbocycles. The molecule has 0 N–H and O–H groups in total. The van der Waals surface area contributed by atoms with Gasteiger partial charge in [-0.2, -0.15) is 0 Å². The number of rotatable bonds is 9. The molecule has 6 atom stereocenters. The average molecular weight is 1120 g/mol. The molecule has 0 aliphatic rings. The van der Waals surface area contributed by atoms with E-state index in [2.05, 4.69) is 0 Å². The van der Waals surface area contributed by atoms with Gasteiger partial charge in [0.25, 0.3) is 0 Å². The summed E-state index contributed by atoms with van der Waals surface area (Å²) in [6.45, 7) is 0. The van der Waals surface area contributed by atoms with Crippen molar-refractivity contribution in [2.45, 2.75) is 29.4 Å². The van der Waals surface area contributed by atoms with Gasteiger partial charge >= 0.3 is 17.4 Å². The number of carboxylic acids is 3. The summed E-state index contributed by atoms with van der Waals surface area (Å²) in [6, 6.07) is 20.1. The van der Waals surface area contributed by atoms with Gasteiger partial charge in [-0.05, 0) is 138 Å². The van der Waals surface area contributed by atoms with E-state index in [1.165, 1.54) is 129 Å². The average Bonchev–Trinajstić information content (AvgIpc) is 3.33. The fourth-order valence-electron chi connectivity index (χ4n) is 7.23. The molecule has 18 nitrogen and oxygen atoms in total. The first-order valence-corrected chi connectivity index (χ1v) is 29.5. The van der Waals surface area contributed by atoms with E-state index in [9.17, 15) is 71.4 Å². The van der Waals surface area contributed by atoms with Crippen LogP contribution in [0.3, 0.4) is 0 Å². The number of carbonyl (C=O) groups is 3. The van der Waals surface area contributed by atoms with E-state index in [-0.39, 0.29) is 115 Å². The summed E-state index contributed by atoms with van der Waals surface area (Å²) in [7, 11) is 0. The van der Waals surface area contributed by atoms with Crippen molar-refractivity contribution in [2.24, 2.45) is 0 Å². The van der Waals surface area contributed by atoms with Crippen molar-refractivity contribution < 1.29 is 70.3 Å². The van der Waals surface area contributed by atoms with Crippen LogP contribution in [0.25, 0.3) is 65.8 Å². The van der Waals surface area contributed by atoms with Gasteiger partial charge in [0.2, 0.25) is 31.0 Å². The number of benzene rings is 6. The van der Waals surface area contributed by atoms with Crippen LogP contribution < -0.4 is 31.6 Å². The molecule has 6 aromatic carbocycles. The van der Waals surface area contributed by atoms with E-state index in [0.29, 0.717) is 14.7 Å². The van der Waals surface area contributed by atoms with Crippen molar-refractivity contribution in [3.8, 4) is 0 Å². The number of aromatic carboxylic acids is 3. The van der Waals surface area contributed by atoms with Gasteiger partial charge < -0.3 is 70.3 Å². The van der Waals surface area contributed by atoms with Gasteiger partial charge in [0.15, 0.2) is 31.4 Å². The zero-order chi connectivity index (χ0) is 52.8. The minimum Gasteiger partial charge on any atom is -0.612 e. The topological polar surface area (TPSA) is 349 Å². The fraction of sp³-hybridized carbons (Fsp3) is 0.125. The number of hydrogen-bond donors (Lipinski definition) is 0. The minimum absolute atomic E-state index is 0. The normalized spacial score (nSPS) is 13.8. The molecule has 73 heavy (non-hydrogen) atoms. The van der Waals surface area contributed by atoms with Crippen LogP contribution in [0.4, 0.5) is 0 Å². The molecule has 0 amide bonds. The van der Waals surface area contributed by atoms with Gasteiger partial charge in [-0.25, -0.2) is 0 Å². The van der Waals surface area contributed by atoms with Gasteiger partial charge in [0, 0.05) is 18.2 Å². The molecule has 0 spiro atoms. The molecule has 0 saturated heterocycles. The Hall–Kier alpha value is -5.47.